The highest BCUT2D eigenvalue weighted by atomic mass is 32.1. The first-order valence-corrected chi connectivity index (χ1v) is 9.45. The summed E-state index contributed by atoms with van der Waals surface area (Å²) in [6, 6.07) is 14.7. The van der Waals surface area contributed by atoms with Gasteiger partial charge in [-0.1, -0.05) is 51.1 Å². The van der Waals surface area contributed by atoms with Gasteiger partial charge in [0, 0.05) is 5.38 Å². The summed E-state index contributed by atoms with van der Waals surface area (Å²) in [5.74, 6) is 0. The van der Waals surface area contributed by atoms with Crippen LogP contribution in [0.2, 0.25) is 0 Å². The van der Waals surface area contributed by atoms with Crippen molar-refractivity contribution in [3.05, 3.63) is 63.3 Å². The second kappa shape index (κ2) is 6.72. The highest BCUT2D eigenvalue weighted by molar-refractivity contribution is 7.14. The Morgan fingerprint density at radius 2 is 1.88 bits per heavy atom. The number of allylic oxidation sites excluding steroid dienone is 1. The molecule has 0 amide bonds. The molecular formula is C20H18N2S2. The molecule has 0 saturated heterocycles. The van der Waals surface area contributed by atoms with Crippen LogP contribution in [-0.4, -0.2) is 4.98 Å². The van der Waals surface area contributed by atoms with Gasteiger partial charge in [0.2, 0.25) is 0 Å². The minimum absolute atomic E-state index is 0.130. The van der Waals surface area contributed by atoms with Gasteiger partial charge in [0.25, 0.3) is 0 Å². The number of hydrogen-bond donors (Lipinski definition) is 0. The first-order valence-electron chi connectivity index (χ1n) is 7.69. The molecule has 0 atom stereocenters. The summed E-state index contributed by atoms with van der Waals surface area (Å²) < 4.78 is 0. The van der Waals surface area contributed by atoms with Crippen LogP contribution < -0.4 is 0 Å². The monoisotopic (exact) mass is 350 g/mol. The van der Waals surface area contributed by atoms with Gasteiger partial charge in [0.05, 0.1) is 16.1 Å². The molecule has 3 rings (SSSR count). The highest BCUT2D eigenvalue weighted by Crippen LogP contribution is 2.30. The third-order valence-electron chi connectivity index (χ3n) is 3.72. The third-order valence-corrected chi connectivity index (χ3v) is 5.48. The van der Waals surface area contributed by atoms with Crippen LogP contribution in [0.15, 0.2) is 47.2 Å². The molecule has 0 aliphatic rings. The maximum atomic E-state index is 9.52. The van der Waals surface area contributed by atoms with E-state index in [1.807, 2.05) is 29.0 Å². The predicted octanol–water partition coefficient (Wildman–Crippen LogP) is 6.23. The van der Waals surface area contributed by atoms with Crippen molar-refractivity contribution >= 4 is 34.3 Å². The van der Waals surface area contributed by atoms with Crippen LogP contribution >= 0.6 is 22.7 Å². The Kier molecular flexibility index (Phi) is 4.66. The van der Waals surface area contributed by atoms with Gasteiger partial charge in [-0.3, -0.25) is 0 Å². The smallest absolute Gasteiger partial charge is 0.134 e. The number of thiophene rings is 1. The largest absolute Gasteiger partial charge is 0.234 e. The van der Waals surface area contributed by atoms with E-state index >= 15 is 0 Å². The average molecular weight is 351 g/mol. The van der Waals surface area contributed by atoms with Crippen LogP contribution in [-0.2, 0) is 5.41 Å². The van der Waals surface area contributed by atoms with Gasteiger partial charge < -0.3 is 0 Å². The van der Waals surface area contributed by atoms with Crippen molar-refractivity contribution in [3.8, 4) is 16.6 Å². The molecule has 2 nitrogen and oxygen atoms in total. The van der Waals surface area contributed by atoms with Crippen molar-refractivity contribution in [1.82, 2.24) is 4.98 Å². The van der Waals surface area contributed by atoms with E-state index in [2.05, 4.69) is 56.1 Å². The minimum atomic E-state index is 0.130. The van der Waals surface area contributed by atoms with Crippen LogP contribution in [0.5, 0.6) is 0 Å². The van der Waals surface area contributed by atoms with Crippen molar-refractivity contribution in [2.75, 3.05) is 0 Å². The standard InChI is InChI=1S/C20H18N2S2/c1-20(2,3)16-8-6-14(7-9-16)11-15(12-21)19-22-17(13-24-19)18-5-4-10-23-18/h4-11,13H,1-3H3/b15-11-. The first kappa shape index (κ1) is 16.6. The molecule has 0 unspecified atom stereocenters. The van der Waals surface area contributed by atoms with Crippen molar-refractivity contribution in [3.63, 3.8) is 0 Å². The Labute approximate surface area is 150 Å². The van der Waals surface area contributed by atoms with E-state index in [0.29, 0.717) is 5.57 Å². The van der Waals surface area contributed by atoms with E-state index in [9.17, 15) is 5.26 Å². The fourth-order valence-electron chi connectivity index (χ4n) is 2.32. The summed E-state index contributed by atoms with van der Waals surface area (Å²) >= 11 is 3.17. The quantitative estimate of drug-likeness (QED) is 0.525. The van der Waals surface area contributed by atoms with E-state index in [-0.39, 0.29) is 5.41 Å². The van der Waals surface area contributed by atoms with Gasteiger partial charge in [0.15, 0.2) is 0 Å². The molecule has 3 aromatic rings. The Morgan fingerprint density at radius 3 is 2.46 bits per heavy atom. The van der Waals surface area contributed by atoms with E-state index < -0.39 is 0 Å². The van der Waals surface area contributed by atoms with Crippen LogP contribution in [0.4, 0.5) is 0 Å². The van der Waals surface area contributed by atoms with Gasteiger partial charge in [-0.15, -0.1) is 22.7 Å². The zero-order valence-corrected chi connectivity index (χ0v) is 15.5. The fourth-order valence-corrected chi connectivity index (χ4v) is 3.87. The van der Waals surface area contributed by atoms with Gasteiger partial charge in [-0.05, 0) is 34.1 Å². The van der Waals surface area contributed by atoms with E-state index in [4.69, 9.17) is 0 Å². The lowest BCUT2D eigenvalue weighted by Crippen LogP contribution is -2.10. The topological polar surface area (TPSA) is 36.7 Å². The molecule has 0 aliphatic carbocycles. The Balaban J connectivity index is 1.89. The van der Waals surface area contributed by atoms with Gasteiger partial charge >= 0.3 is 0 Å². The molecule has 120 valence electrons. The molecule has 0 fully saturated rings. The molecule has 0 N–H and O–H groups in total. The third kappa shape index (κ3) is 3.64. The van der Waals surface area contributed by atoms with Gasteiger partial charge in [-0.2, -0.15) is 5.26 Å². The van der Waals surface area contributed by atoms with Gasteiger partial charge in [-0.25, -0.2) is 4.98 Å². The van der Waals surface area contributed by atoms with Crippen LogP contribution in [0.3, 0.4) is 0 Å². The molecule has 0 spiro atoms. The summed E-state index contributed by atoms with van der Waals surface area (Å²) in [6.45, 7) is 6.58. The number of rotatable bonds is 3. The number of hydrogen-bond acceptors (Lipinski definition) is 4. The van der Waals surface area contributed by atoms with E-state index in [1.54, 1.807) is 11.3 Å². The summed E-state index contributed by atoms with van der Waals surface area (Å²) in [5.41, 5.74) is 3.98. The van der Waals surface area contributed by atoms with Crippen molar-refractivity contribution in [1.29, 1.82) is 5.26 Å². The van der Waals surface area contributed by atoms with E-state index in [1.165, 1.54) is 16.9 Å². The molecule has 1 aromatic carbocycles. The lowest BCUT2D eigenvalue weighted by Gasteiger charge is -2.18. The predicted molar refractivity (Wildman–Crippen MR) is 104 cm³/mol. The van der Waals surface area contributed by atoms with Crippen LogP contribution in [0.1, 0.15) is 36.9 Å². The number of nitrogens with zero attached hydrogens (tertiary/aromatic N) is 2. The molecule has 2 aromatic heterocycles. The molecule has 0 aliphatic heterocycles. The number of nitriles is 1. The molecule has 0 saturated carbocycles. The minimum Gasteiger partial charge on any atom is -0.234 e. The molecule has 0 bridgehead atoms. The lowest BCUT2D eigenvalue weighted by molar-refractivity contribution is 0.590. The summed E-state index contributed by atoms with van der Waals surface area (Å²) in [7, 11) is 0. The molecular weight excluding hydrogens is 332 g/mol. The van der Waals surface area contributed by atoms with Crippen molar-refractivity contribution in [2.24, 2.45) is 0 Å². The second-order valence-electron chi connectivity index (χ2n) is 6.56. The first-order chi connectivity index (χ1) is 11.5. The average Bonchev–Trinajstić information content (AvgIpc) is 3.23. The van der Waals surface area contributed by atoms with Crippen molar-refractivity contribution in [2.45, 2.75) is 26.2 Å². The summed E-state index contributed by atoms with van der Waals surface area (Å²) in [5, 5.41) is 14.3. The molecule has 2 heterocycles. The Hall–Kier alpha value is -2.22. The van der Waals surface area contributed by atoms with Crippen molar-refractivity contribution < 1.29 is 0 Å². The molecule has 24 heavy (non-hydrogen) atoms. The zero-order chi connectivity index (χ0) is 17.2. The highest BCUT2D eigenvalue weighted by Gasteiger charge is 2.13. The normalized spacial score (nSPS) is 12.2. The Bertz CT molecular complexity index is 887. The van der Waals surface area contributed by atoms with Crippen LogP contribution in [0.25, 0.3) is 22.2 Å². The summed E-state index contributed by atoms with van der Waals surface area (Å²) in [6.07, 6.45) is 1.91. The zero-order valence-electron chi connectivity index (χ0n) is 13.9. The number of aromatic nitrogens is 1. The lowest BCUT2D eigenvalue weighted by atomic mass is 9.86. The maximum Gasteiger partial charge on any atom is 0.134 e. The van der Waals surface area contributed by atoms with E-state index in [0.717, 1.165) is 21.1 Å². The number of benzene rings is 1. The van der Waals surface area contributed by atoms with Crippen LogP contribution in [0, 0.1) is 11.3 Å². The fraction of sp³-hybridized carbons (Fsp3) is 0.200. The van der Waals surface area contributed by atoms with Gasteiger partial charge in [0.1, 0.15) is 11.1 Å². The molecule has 0 radical (unpaired) electrons. The SMILES string of the molecule is CC(C)(C)c1ccc(/C=C(/C#N)c2nc(-c3cccs3)cs2)cc1. The Morgan fingerprint density at radius 1 is 1.12 bits per heavy atom. The number of thiazole rings is 1. The maximum absolute atomic E-state index is 9.52. The summed E-state index contributed by atoms with van der Waals surface area (Å²) in [4.78, 5) is 5.74. The molecule has 4 heteroatoms. The second-order valence-corrected chi connectivity index (χ2v) is 8.36.